The Kier molecular flexibility index (Phi) is 4.49. The van der Waals surface area contributed by atoms with Gasteiger partial charge in [0.15, 0.2) is 5.11 Å². The molecule has 2 aromatic heterocycles. The number of methoxy groups -OCH3 is 1. The lowest BCUT2D eigenvalue weighted by Crippen LogP contribution is -2.55. The zero-order valence-electron chi connectivity index (χ0n) is 15.7. The molecule has 4 rings (SSSR count). The highest BCUT2D eigenvalue weighted by atomic mass is 32.1. The summed E-state index contributed by atoms with van der Waals surface area (Å²) < 4.78 is 45.1. The third-order valence-electron chi connectivity index (χ3n) is 5.42. The molecule has 3 heterocycles. The lowest BCUT2D eigenvalue weighted by molar-refractivity contribution is -0.138. The first kappa shape index (κ1) is 19.6. The summed E-state index contributed by atoms with van der Waals surface area (Å²) in [5.74, 6) is 0.0607. The maximum absolute atomic E-state index is 13.3. The number of aryl methyl sites for hydroxylation is 1. The van der Waals surface area contributed by atoms with Gasteiger partial charge in [0.25, 0.3) is 5.91 Å². The van der Waals surface area contributed by atoms with E-state index >= 15 is 0 Å². The molecule has 0 aromatic carbocycles. The van der Waals surface area contributed by atoms with Gasteiger partial charge in [-0.05, 0) is 50.5 Å². The summed E-state index contributed by atoms with van der Waals surface area (Å²) in [6.07, 6.45) is 0.140. The highest BCUT2D eigenvalue weighted by molar-refractivity contribution is 7.81. The van der Waals surface area contributed by atoms with Crippen LogP contribution in [-0.2, 0) is 11.0 Å². The lowest BCUT2D eigenvalue weighted by atomic mass is 9.75. The van der Waals surface area contributed by atoms with E-state index in [9.17, 15) is 18.0 Å². The summed E-state index contributed by atoms with van der Waals surface area (Å²) in [5, 5.41) is 0.112. The molecule has 0 N–H and O–H groups in total. The third kappa shape index (κ3) is 2.93. The van der Waals surface area contributed by atoms with E-state index in [0.29, 0.717) is 24.4 Å². The Morgan fingerprint density at radius 3 is 2.38 bits per heavy atom. The zero-order chi connectivity index (χ0) is 21.0. The number of ether oxygens (including phenoxy) is 1. The number of carbonyl (C=O) groups is 1. The predicted molar refractivity (Wildman–Crippen MR) is 104 cm³/mol. The van der Waals surface area contributed by atoms with Gasteiger partial charge in [0.05, 0.1) is 36.4 Å². The van der Waals surface area contributed by atoms with Crippen molar-refractivity contribution in [3.05, 3.63) is 41.9 Å². The fourth-order valence-corrected chi connectivity index (χ4v) is 4.23. The maximum Gasteiger partial charge on any atom is 0.418 e. The Bertz CT molecular complexity index is 990. The highest BCUT2D eigenvalue weighted by Crippen LogP contribution is 2.48. The summed E-state index contributed by atoms with van der Waals surface area (Å²) >= 11 is 5.55. The molecular formula is C19H17F3N4O2S. The number of hydrogen-bond donors (Lipinski definition) is 0. The van der Waals surface area contributed by atoms with Gasteiger partial charge in [0, 0.05) is 11.8 Å². The Morgan fingerprint density at radius 1 is 1.17 bits per heavy atom. The van der Waals surface area contributed by atoms with Crippen molar-refractivity contribution in [3.8, 4) is 5.88 Å². The first-order valence-electron chi connectivity index (χ1n) is 8.92. The molecule has 0 unspecified atom stereocenters. The fraction of sp³-hybridized carbons (Fsp3) is 0.368. The van der Waals surface area contributed by atoms with E-state index in [1.807, 2.05) is 0 Å². The minimum absolute atomic E-state index is 0.00757. The van der Waals surface area contributed by atoms with Gasteiger partial charge in [-0.2, -0.15) is 13.2 Å². The van der Waals surface area contributed by atoms with E-state index in [1.165, 1.54) is 26.4 Å². The van der Waals surface area contributed by atoms with Crippen molar-refractivity contribution in [3.63, 3.8) is 0 Å². The number of anilines is 2. The van der Waals surface area contributed by atoms with Crippen LogP contribution in [0.15, 0.2) is 30.6 Å². The number of rotatable bonds is 3. The molecule has 0 radical (unpaired) electrons. The summed E-state index contributed by atoms with van der Waals surface area (Å²) in [6.45, 7) is 1.28. The summed E-state index contributed by atoms with van der Waals surface area (Å²) in [5.41, 5.74) is -1.36. The van der Waals surface area contributed by atoms with Gasteiger partial charge in [0.2, 0.25) is 5.88 Å². The van der Waals surface area contributed by atoms with E-state index in [4.69, 9.17) is 17.0 Å². The van der Waals surface area contributed by atoms with Crippen LogP contribution in [0.5, 0.6) is 5.88 Å². The molecule has 1 saturated heterocycles. The Labute approximate surface area is 170 Å². The van der Waals surface area contributed by atoms with Crippen LogP contribution in [0.2, 0.25) is 0 Å². The summed E-state index contributed by atoms with van der Waals surface area (Å²) in [7, 11) is 1.49. The molecule has 1 saturated carbocycles. The standard InChI is InChI=1S/C19H17F3N4O2S/c1-11-14(19(20,21)22)8-13(10-23-11)25-16(27)18(6-3-7-18)26(17(25)29)12-4-5-15(28-2)24-9-12/h4-5,8-10H,3,6-7H2,1-2H3. The number of amides is 1. The van der Waals surface area contributed by atoms with E-state index in [-0.39, 0.29) is 22.4 Å². The van der Waals surface area contributed by atoms with Gasteiger partial charge in [-0.25, -0.2) is 4.98 Å². The first-order chi connectivity index (χ1) is 13.7. The molecular weight excluding hydrogens is 405 g/mol. The van der Waals surface area contributed by atoms with E-state index in [0.717, 1.165) is 17.4 Å². The van der Waals surface area contributed by atoms with Crippen LogP contribution >= 0.6 is 12.2 Å². The summed E-state index contributed by atoms with van der Waals surface area (Å²) in [4.78, 5) is 24.2. The van der Waals surface area contributed by atoms with Crippen molar-refractivity contribution < 1.29 is 22.7 Å². The van der Waals surface area contributed by atoms with Crippen LogP contribution in [-0.4, -0.2) is 33.6 Å². The second-order valence-electron chi connectivity index (χ2n) is 7.03. The number of alkyl halides is 3. The van der Waals surface area contributed by atoms with Gasteiger partial charge in [-0.15, -0.1) is 0 Å². The number of aromatic nitrogens is 2. The Morgan fingerprint density at radius 2 is 1.86 bits per heavy atom. The van der Waals surface area contributed by atoms with E-state index in [2.05, 4.69) is 9.97 Å². The molecule has 2 aromatic rings. The van der Waals surface area contributed by atoms with Crippen molar-refractivity contribution in [2.75, 3.05) is 16.9 Å². The van der Waals surface area contributed by atoms with Crippen LogP contribution in [0.25, 0.3) is 0 Å². The molecule has 2 fully saturated rings. The topological polar surface area (TPSA) is 58.6 Å². The molecule has 0 atom stereocenters. The van der Waals surface area contributed by atoms with Crippen LogP contribution in [0, 0.1) is 6.92 Å². The number of hydrogen-bond acceptors (Lipinski definition) is 5. The van der Waals surface area contributed by atoms with Gasteiger partial charge >= 0.3 is 6.18 Å². The molecule has 1 amide bonds. The van der Waals surface area contributed by atoms with Crippen molar-refractivity contribution >= 4 is 34.6 Å². The number of carbonyl (C=O) groups excluding carboxylic acids is 1. The molecule has 1 spiro atoms. The van der Waals surface area contributed by atoms with Gasteiger partial charge in [0.1, 0.15) is 5.54 Å². The first-order valence-corrected chi connectivity index (χ1v) is 9.32. The van der Waals surface area contributed by atoms with E-state index < -0.39 is 17.3 Å². The zero-order valence-corrected chi connectivity index (χ0v) is 16.5. The highest BCUT2D eigenvalue weighted by Gasteiger charge is 2.59. The molecule has 29 heavy (non-hydrogen) atoms. The quantitative estimate of drug-likeness (QED) is 0.700. The average molecular weight is 422 g/mol. The average Bonchev–Trinajstić information content (AvgIpc) is 2.88. The molecule has 6 nitrogen and oxygen atoms in total. The second kappa shape index (κ2) is 6.65. The number of pyridine rings is 2. The SMILES string of the molecule is COc1ccc(N2C(=S)N(c3cnc(C)c(C(F)(F)F)c3)C(=O)C23CCC3)cn1. The number of nitrogens with zero attached hydrogens (tertiary/aromatic N) is 4. The molecule has 2 aliphatic rings. The van der Waals surface area contributed by atoms with Crippen LogP contribution < -0.4 is 14.5 Å². The lowest BCUT2D eigenvalue weighted by Gasteiger charge is -2.42. The molecule has 152 valence electrons. The maximum atomic E-state index is 13.3. The monoisotopic (exact) mass is 422 g/mol. The molecule has 1 aliphatic heterocycles. The Balaban J connectivity index is 1.78. The van der Waals surface area contributed by atoms with Crippen LogP contribution in [0.4, 0.5) is 24.5 Å². The minimum atomic E-state index is -4.58. The molecule has 0 bridgehead atoms. The Hall–Kier alpha value is -2.75. The van der Waals surface area contributed by atoms with Crippen LogP contribution in [0.1, 0.15) is 30.5 Å². The predicted octanol–water partition coefficient (Wildman–Crippen LogP) is 3.87. The van der Waals surface area contributed by atoms with E-state index in [1.54, 1.807) is 17.0 Å². The fourth-order valence-electron chi connectivity index (χ4n) is 3.76. The van der Waals surface area contributed by atoms with Crippen molar-refractivity contribution in [2.24, 2.45) is 0 Å². The third-order valence-corrected chi connectivity index (χ3v) is 5.78. The minimum Gasteiger partial charge on any atom is -0.481 e. The van der Waals surface area contributed by atoms with Gasteiger partial charge < -0.3 is 9.64 Å². The second-order valence-corrected chi connectivity index (χ2v) is 7.39. The number of thiocarbonyl (C=S) groups is 1. The molecule has 1 aliphatic carbocycles. The smallest absolute Gasteiger partial charge is 0.418 e. The summed E-state index contributed by atoms with van der Waals surface area (Å²) in [6, 6.07) is 4.30. The van der Waals surface area contributed by atoms with Crippen molar-refractivity contribution in [1.29, 1.82) is 0 Å². The van der Waals surface area contributed by atoms with Crippen LogP contribution in [0.3, 0.4) is 0 Å². The molecule has 10 heteroatoms. The van der Waals surface area contributed by atoms with Crippen molar-refractivity contribution in [2.45, 2.75) is 37.9 Å². The normalized spacial score (nSPS) is 18.4. The largest absolute Gasteiger partial charge is 0.481 e. The van der Waals surface area contributed by atoms with Gasteiger partial charge in [-0.1, -0.05) is 0 Å². The van der Waals surface area contributed by atoms with Gasteiger partial charge in [-0.3, -0.25) is 14.7 Å². The number of halogens is 3. The van der Waals surface area contributed by atoms with Crippen molar-refractivity contribution in [1.82, 2.24) is 9.97 Å².